The van der Waals surface area contributed by atoms with E-state index in [1.165, 1.54) is 31.8 Å². The second-order valence-corrected chi connectivity index (χ2v) is 10.3. The van der Waals surface area contributed by atoms with E-state index in [0.717, 1.165) is 21.4 Å². The van der Waals surface area contributed by atoms with Gasteiger partial charge in [0.05, 0.1) is 10.1 Å². The van der Waals surface area contributed by atoms with Crippen LogP contribution in [0.3, 0.4) is 0 Å². The Bertz CT molecular complexity index is 1170. The number of hydrogen-bond donors (Lipinski definition) is 2. The van der Waals surface area contributed by atoms with E-state index in [1.807, 2.05) is 42.5 Å². The Morgan fingerprint density at radius 3 is 2.34 bits per heavy atom. The molecule has 3 aromatic rings. The van der Waals surface area contributed by atoms with Crippen molar-refractivity contribution in [1.29, 1.82) is 0 Å². The molecule has 0 aliphatic carbocycles. The van der Waals surface area contributed by atoms with Gasteiger partial charge in [-0.15, -0.1) is 23.1 Å². The van der Waals surface area contributed by atoms with E-state index in [4.69, 9.17) is 24.4 Å². The van der Waals surface area contributed by atoms with E-state index in [1.54, 1.807) is 25.9 Å². The van der Waals surface area contributed by atoms with Gasteiger partial charge in [-0.1, -0.05) is 60.8 Å². The number of hydrazine groups is 2. The van der Waals surface area contributed by atoms with Crippen molar-refractivity contribution in [3.05, 3.63) is 65.0 Å². The summed E-state index contributed by atoms with van der Waals surface area (Å²) in [6.07, 6.45) is 0.790. The first-order valence-electron chi connectivity index (χ1n) is 9.74. The van der Waals surface area contributed by atoms with Crippen LogP contribution < -0.4 is 10.9 Å². The van der Waals surface area contributed by atoms with Crippen LogP contribution in [-0.2, 0) is 16.0 Å². The second-order valence-electron chi connectivity index (χ2n) is 7.21. The van der Waals surface area contributed by atoms with E-state index in [2.05, 4.69) is 23.0 Å². The molecule has 0 spiro atoms. The van der Waals surface area contributed by atoms with Gasteiger partial charge in [0.1, 0.15) is 9.98 Å². The molecule has 1 aromatic heterocycles. The standard InChI is InChI=1S/C22H20N4O2S4/c1-25(21(29)17-11-13-7-3-5-9-15(13)31-17)23-19(27)20(28)24-26(2)22(30)18-12-14-8-4-6-10-16(14)32-18/h3-11,18H,12H2,1-2H3,(H,23,27)(H,24,28). The Morgan fingerprint density at radius 2 is 1.62 bits per heavy atom. The number of thiocarbonyl (C=S) groups is 2. The molecule has 164 valence electrons. The SMILES string of the molecule is CN(NC(=O)C(=O)NN(C)C(=S)C1Cc2ccccc2S1)C(=S)c1cc2ccccc2s1. The van der Waals surface area contributed by atoms with E-state index >= 15 is 0 Å². The van der Waals surface area contributed by atoms with Gasteiger partial charge in [-0.05, 0) is 35.6 Å². The molecule has 2 heterocycles. The van der Waals surface area contributed by atoms with Gasteiger partial charge in [0.15, 0.2) is 0 Å². The summed E-state index contributed by atoms with van der Waals surface area (Å²) in [4.78, 5) is 27.9. The number of amides is 2. The van der Waals surface area contributed by atoms with Crippen LogP contribution in [0.5, 0.6) is 0 Å². The van der Waals surface area contributed by atoms with Crippen LogP contribution in [0.2, 0.25) is 0 Å². The van der Waals surface area contributed by atoms with Crippen molar-refractivity contribution in [3.63, 3.8) is 0 Å². The quantitative estimate of drug-likeness (QED) is 0.317. The number of benzene rings is 2. The van der Waals surface area contributed by atoms with Gasteiger partial charge in [-0.3, -0.25) is 30.5 Å². The fourth-order valence-electron chi connectivity index (χ4n) is 3.30. The Labute approximate surface area is 204 Å². The molecule has 1 aliphatic rings. The number of nitrogens with one attached hydrogen (secondary N) is 2. The Morgan fingerprint density at radius 1 is 0.969 bits per heavy atom. The van der Waals surface area contributed by atoms with Crippen molar-refractivity contribution in [1.82, 2.24) is 20.9 Å². The van der Waals surface area contributed by atoms with Crippen LogP contribution in [0.25, 0.3) is 10.1 Å². The number of carbonyl (C=O) groups excluding carboxylic acids is 2. The molecule has 1 atom stereocenters. The predicted octanol–water partition coefficient (Wildman–Crippen LogP) is 3.55. The Balaban J connectivity index is 1.31. The van der Waals surface area contributed by atoms with Crippen molar-refractivity contribution in [2.24, 2.45) is 0 Å². The third kappa shape index (κ3) is 4.78. The monoisotopic (exact) mass is 500 g/mol. The number of hydrogen-bond acceptors (Lipinski definition) is 6. The van der Waals surface area contributed by atoms with Crippen LogP contribution in [-0.4, -0.2) is 51.2 Å². The summed E-state index contributed by atoms with van der Waals surface area (Å²) in [7, 11) is 3.25. The zero-order valence-electron chi connectivity index (χ0n) is 17.3. The van der Waals surface area contributed by atoms with Gasteiger partial charge in [0, 0.05) is 23.7 Å². The lowest BCUT2D eigenvalue weighted by atomic mass is 10.1. The minimum absolute atomic E-state index is 0.0268. The summed E-state index contributed by atoms with van der Waals surface area (Å²) < 4.78 is 1.10. The zero-order chi connectivity index (χ0) is 22.8. The maximum Gasteiger partial charge on any atom is 0.329 e. The van der Waals surface area contributed by atoms with E-state index in [0.29, 0.717) is 9.98 Å². The molecule has 2 aromatic carbocycles. The lowest BCUT2D eigenvalue weighted by molar-refractivity contribution is -0.142. The zero-order valence-corrected chi connectivity index (χ0v) is 20.6. The first-order valence-corrected chi connectivity index (χ1v) is 12.2. The molecule has 0 fully saturated rings. The van der Waals surface area contributed by atoms with E-state index in [-0.39, 0.29) is 5.25 Å². The lowest BCUT2D eigenvalue weighted by Gasteiger charge is -2.25. The molecule has 2 N–H and O–H groups in total. The number of thioether (sulfide) groups is 1. The van der Waals surface area contributed by atoms with Gasteiger partial charge in [-0.25, -0.2) is 0 Å². The molecule has 6 nitrogen and oxygen atoms in total. The topological polar surface area (TPSA) is 64.7 Å². The first kappa shape index (κ1) is 22.7. The smallest absolute Gasteiger partial charge is 0.280 e. The molecular formula is C22H20N4O2S4. The highest BCUT2D eigenvalue weighted by molar-refractivity contribution is 8.02. The molecule has 10 heteroatoms. The fraction of sp³-hybridized carbons (Fsp3) is 0.182. The third-order valence-electron chi connectivity index (χ3n) is 4.94. The molecular weight excluding hydrogens is 481 g/mol. The van der Waals surface area contributed by atoms with Crippen molar-refractivity contribution < 1.29 is 9.59 Å². The first-order chi connectivity index (χ1) is 15.3. The maximum atomic E-state index is 12.4. The van der Waals surface area contributed by atoms with Crippen molar-refractivity contribution >= 4 is 79.4 Å². The van der Waals surface area contributed by atoms with Gasteiger partial charge in [0.25, 0.3) is 0 Å². The van der Waals surface area contributed by atoms with Crippen molar-refractivity contribution in [2.45, 2.75) is 16.6 Å². The number of carbonyl (C=O) groups is 2. The highest BCUT2D eigenvalue weighted by atomic mass is 32.2. The third-order valence-corrected chi connectivity index (χ3v) is 8.72. The number of thiophene rings is 1. The number of rotatable bonds is 2. The molecule has 1 aliphatic heterocycles. The lowest BCUT2D eigenvalue weighted by Crippen LogP contribution is -2.54. The van der Waals surface area contributed by atoms with Crippen LogP contribution in [0.1, 0.15) is 10.4 Å². The Kier molecular flexibility index (Phi) is 6.75. The molecule has 32 heavy (non-hydrogen) atoms. The minimum Gasteiger partial charge on any atom is -0.280 e. The number of nitrogens with zero attached hydrogens (tertiary/aromatic N) is 2. The predicted molar refractivity (Wildman–Crippen MR) is 138 cm³/mol. The molecule has 0 saturated heterocycles. The van der Waals surface area contributed by atoms with Crippen LogP contribution in [0, 0.1) is 0 Å². The van der Waals surface area contributed by atoms with Crippen molar-refractivity contribution in [2.75, 3.05) is 14.1 Å². The summed E-state index contributed by atoms with van der Waals surface area (Å²) in [5.41, 5.74) is 6.31. The average molecular weight is 501 g/mol. The summed E-state index contributed by atoms with van der Waals surface area (Å²) in [5, 5.41) is 3.92. The fourth-order valence-corrected chi connectivity index (χ4v) is 6.13. The summed E-state index contributed by atoms with van der Waals surface area (Å²) >= 11 is 14.2. The molecule has 4 rings (SSSR count). The van der Waals surface area contributed by atoms with Crippen LogP contribution in [0.4, 0.5) is 0 Å². The summed E-state index contributed by atoms with van der Waals surface area (Å²) in [6, 6.07) is 18.0. The normalized spacial score (nSPS) is 14.5. The highest BCUT2D eigenvalue weighted by Crippen LogP contribution is 2.37. The summed E-state index contributed by atoms with van der Waals surface area (Å²) in [6.45, 7) is 0. The van der Waals surface area contributed by atoms with Gasteiger partial charge >= 0.3 is 11.8 Å². The van der Waals surface area contributed by atoms with E-state index < -0.39 is 11.8 Å². The molecule has 1 unspecified atom stereocenters. The van der Waals surface area contributed by atoms with Crippen LogP contribution >= 0.6 is 47.5 Å². The number of fused-ring (bicyclic) bond motifs is 2. The largest absolute Gasteiger partial charge is 0.329 e. The van der Waals surface area contributed by atoms with Gasteiger partial charge in [0.2, 0.25) is 0 Å². The second kappa shape index (κ2) is 9.53. The highest BCUT2D eigenvalue weighted by Gasteiger charge is 2.29. The molecule has 2 amide bonds. The minimum atomic E-state index is -0.826. The average Bonchev–Trinajstić information content (AvgIpc) is 3.41. The Hall–Kier alpha value is -2.53. The molecule has 0 radical (unpaired) electrons. The maximum absolute atomic E-state index is 12.4. The van der Waals surface area contributed by atoms with Crippen molar-refractivity contribution in [3.8, 4) is 0 Å². The van der Waals surface area contributed by atoms with Crippen LogP contribution in [0.15, 0.2) is 59.5 Å². The molecule has 0 saturated carbocycles. The molecule has 0 bridgehead atoms. The summed E-state index contributed by atoms with van der Waals surface area (Å²) in [5.74, 6) is -1.64. The van der Waals surface area contributed by atoms with Gasteiger partial charge in [-0.2, -0.15) is 0 Å². The van der Waals surface area contributed by atoms with Gasteiger partial charge < -0.3 is 0 Å². The van der Waals surface area contributed by atoms with E-state index in [9.17, 15) is 9.59 Å².